The lowest BCUT2D eigenvalue weighted by molar-refractivity contribution is -0.142. The largest absolute Gasteiger partial charge is 0.370 e. The zero-order chi connectivity index (χ0) is 53.3. The minimum atomic E-state index is -1.48. The molecule has 3 rings (SSSR count). The van der Waals surface area contributed by atoms with E-state index in [9.17, 15) is 43.2 Å². The Hall–Kier alpha value is -7.83. The van der Waals surface area contributed by atoms with Crippen LogP contribution in [0.2, 0.25) is 0 Å². The highest BCUT2D eigenvalue weighted by Crippen LogP contribution is 2.21. The number of hydrogen-bond acceptors (Lipinski definition) is 12. The van der Waals surface area contributed by atoms with Gasteiger partial charge >= 0.3 is 0 Å². The Balaban J connectivity index is 1.94. The van der Waals surface area contributed by atoms with Gasteiger partial charge < -0.3 is 76.9 Å². The average Bonchev–Trinajstić information content (AvgIpc) is 3.83. The smallest absolute Gasteiger partial charge is 0.245 e. The molecule has 0 spiro atoms. The maximum atomic E-state index is 14.6. The lowest BCUT2D eigenvalue weighted by Gasteiger charge is -2.31. The summed E-state index contributed by atoms with van der Waals surface area (Å²) in [5.41, 5.74) is 39.6. The van der Waals surface area contributed by atoms with Crippen LogP contribution < -0.4 is 72.0 Å². The molecule has 1 heterocycles. The highest BCUT2D eigenvalue weighted by atomic mass is 16.2. The number of benzene rings is 2. The van der Waals surface area contributed by atoms with Crippen LogP contribution in [0.15, 0.2) is 70.6 Å². The highest BCUT2D eigenvalue weighted by molar-refractivity contribution is 5.98. The molecule has 1 saturated heterocycles. The van der Waals surface area contributed by atoms with Crippen molar-refractivity contribution in [2.24, 2.45) is 56.0 Å². The summed E-state index contributed by atoms with van der Waals surface area (Å²) in [4.78, 5) is 130. The molecule has 0 bridgehead atoms. The van der Waals surface area contributed by atoms with Gasteiger partial charge in [-0.05, 0) is 62.0 Å². The molecular formula is C47H72N16O9. The topological polar surface area (TPSA) is 436 Å². The number of likely N-dealkylation sites (tertiary alicyclic amines) is 1. The van der Waals surface area contributed by atoms with Gasteiger partial charge in [-0.3, -0.25) is 53.1 Å². The molecule has 0 aliphatic carbocycles. The normalized spacial score (nSPS) is 15.5. The first-order valence-electron chi connectivity index (χ1n) is 23.8. The van der Waals surface area contributed by atoms with Gasteiger partial charge in [-0.1, -0.05) is 74.5 Å². The molecule has 20 N–H and O–H groups in total. The molecule has 9 amide bonds. The Morgan fingerprint density at radius 3 is 1.54 bits per heavy atom. The lowest BCUT2D eigenvalue weighted by atomic mass is 9.99. The van der Waals surface area contributed by atoms with Gasteiger partial charge in [0.25, 0.3) is 0 Å². The highest BCUT2D eigenvalue weighted by Gasteiger charge is 2.40. The Morgan fingerprint density at radius 1 is 0.597 bits per heavy atom. The first-order valence-corrected chi connectivity index (χ1v) is 23.8. The molecule has 72 heavy (non-hydrogen) atoms. The number of nitrogens with zero attached hydrogens (tertiary/aromatic N) is 3. The van der Waals surface area contributed by atoms with Crippen LogP contribution >= 0.6 is 0 Å². The third-order valence-electron chi connectivity index (χ3n) is 11.4. The van der Waals surface area contributed by atoms with Gasteiger partial charge in [0.1, 0.15) is 42.3 Å². The quantitative estimate of drug-likeness (QED) is 0.0201. The van der Waals surface area contributed by atoms with Crippen LogP contribution in [0.1, 0.15) is 76.3 Å². The molecule has 25 nitrogen and oxygen atoms in total. The summed E-state index contributed by atoms with van der Waals surface area (Å²) >= 11 is 0. The van der Waals surface area contributed by atoms with Crippen molar-refractivity contribution >= 4 is 65.1 Å². The summed E-state index contributed by atoms with van der Waals surface area (Å²) in [5, 5.41) is 16.0. The molecule has 2 aromatic rings. The molecule has 25 heteroatoms. The fourth-order valence-electron chi connectivity index (χ4n) is 7.89. The van der Waals surface area contributed by atoms with E-state index in [4.69, 9.17) is 40.1 Å². The molecular weight excluding hydrogens is 933 g/mol. The number of aliphatic imine (C=N–C) groups is 2. The van der Waals surface area contributed by atoms with Gasteiger partial charge in [-0.25, -0.2) is 0 Å². The molecule has 0 saturated carbocycles. The van der Waals surface area contributed by atoms with Crippen molar-refractivity contribution in [3.63, 3.8) is 0 Å². The van der Waals surface area contributed by atoms with Gasteiger partial charge in [0.05, 0.1) is 13.0 Å². The predicted octanol–water partition coefficient (Wildman–Crippen LogP) is -4.16. The number of hydrogen-bond donors (Lipinski definition) is 13. The van der Waals surface area contributed by atoms with E-state index < -0.39 is 102 Å². The Morgan fingerprint density at radius 2 is 1.06 bits per heavy atom. The fourth-order valence-corrected chi connectivity index (χ4v) is 7.89. The fraction of sp³-hybridized carbons (Fsp3) is 0.511. The van der Waals surface area contributed by atoms with Gasteiger partial charge in [0.15, 0.2) is 11.9 Å². The van der Waals surface area contributed by atoms with E-state index in [1.807, 2.05) is 13.8 Å². The van der Waals surface area contributed by atoms with Gasteiger partial charge in [0.2, 0.25) is 53.2 Å². The summed E-state index contributed by atoms with van der Waals surface area (Å²) in [6, 6.07) is 8.89. The maximum Gasteiger partial charge on any atom is 0.245 e. The molecule has 1 fully saturated rings. The van der Waals surface area contributed by atoms with E-state index in [0.29, 0.717) is 12.0 Å². The van der Waals surface area contributed by atoms with Crippen LogP contribution in [0.4, 0.5) is 0 Å². The van der Waals surface area contributed by atoms with E-state index in [0.717, 1.165) is 5.56 Å². The summed E-state index contributed by atoms with van der Waals surface area (Å²) in [6.45, 7) is 3.54. The molecule has 0 radical (unpaired) electrons. The number of carbonyl (C=O) groups is 9. The number of amides is 9. The van der Waals surface area contributed by atoms with Crippen molar-refractivity contribution in [2.45, 2.75) is 120 Å². The van der Waals surface area contributed by atoms with Crippen LogP contribution in [-0.4, -0.2) is 138 Å². The number of rotatable bonds is 30. The van der Waals surface area contributed by atoms with E-state index in [1.54, 1.807) is 60.7 Å². The van der Waals surface area contributed by atoms with Crippen molar-refractivity contribution in [1.29, 1.82) is 0 Å². The van der Waals surface area contributed by atoms with Gasteiger partial charge in [-0.15, -0.1) is 0 Å². The Bertz CT molecular complexity index is 2220. The SMILES string of the molecule is CC(C)C[C@H](NC(=O)[C@H](Cc1ccccc1)NC(=O)CN)C(=O)N[C@@H](Cc1ccccc1)C(=O)N[C@@H](CCCN=C(N)N)C(=O)N1CCC[C@H]1C(=O)N[C@@H](CCCN=C(N)N)C(=O)N[C@@H](CC(N)=O)C(N)=O. The predicted molar refractivity (Wildman–Crippen MR) is 268 cm³/mol. The molecule has 394 valence electrons. The molecule has 0 aromatic heterocycles. The van der Waals surface area contributed by atoms with Crippen molar-refractivity contribution in [2.75, 3.05) is 26.2 Å². The van der Waals surface area contributed by atoms with E-state index >= 15 is 0 Å². The van der Waals surface area contributed by atoms with Crippen molar-refractivity contribution in [1.82, 2.24) is 36.8 Å². The van der Waals surface area contributed by atoms with Crippen LogP contribution in [0.5, 0.6) is 0 Å². The van der Waals surface area contributed by atoms with Crippen molar-refractivity contribution in [3.8, 4) is 0 Å². The molecule has 7 atom stereocenters. The third kappa shape index (κ3) is 20.6. The van der Waals surface area contributed by atoms with Crippen molar-refractivity contribution < 1.29 is 43.2 Å². The minimum Gasteiger partial charge on any atom is -0.370 e. The lowest BCUT2D eigenvalue weighted by Crippen LogP contribution is -2.60. The van der Waals surface area contributed by atoms with Crippen LogP contribution in [0.25, 0.3) is 0 Å². The molecule has 1 aliphatic rings. The number of primary amides is 2. The second-order valence-corrected chi connectivity index (χ2v) is 17.8. The first kappa shape index (κ1) is 58.5. The van der Waals surface area contributed by atoms with E-state index in [1.165, 1.54) is 4.90 Å². The molecule has 1 aliphatic heterocycles. The zero-order valence-electron chi connectivity index (χ0n) is 40.8. The minimum absolute atomic E-state index is 0.0221. The molecule has 2 aromatic carbocycles. The second kappa shape index (κ2) is 30.0. The van der Waals surface area contributed by atoms with Gasteiger partial charge in [0, 0.05) is 32.5 Å². The van der Waals surface area contributed by atoms with Crippen LogP contribution in [0.3, 0.4) is 0 Å². The number of nitrogens with one attached hydrogen (secondary N) is 6. The number of nitrogens with two attached hydrogens (primary N) is 7. The summed E-state index contributed by atoms with van der Waals surface area (Å²) in [6.07, 6.45) is 0.411. The van der Waals surface area contributed by atoms with Crippen LogP contribution in [0, 0.1) is 5.92 Å². The van der Waals surface area contributed by atoms with Crippen molar-refractivity contribution in [3.05, 3.63) is 71.8 Å². The second-order valence-electron chi connectivity index (χ2n) is 17.8. The average molecular weight is 1010 g/mol. The van der Waals surface area contributed by atoms with Gasteiger partial charge in [-0.2, -0.15) is 0 Å². The third-order valence-corrected chi connectivity index (χ3v) is 11.4. The summed E-state index contributed by atoms with van der Waals surface area (Å²) in [7, 11) is 0. The number of guanidine groups is 2. The Kier molecular flexibility index (Phi) is 24.4. The summed E-state index contributed by atoms with van der Waals surface area (Å²) in [5.74, 6) is -7.48. The van der Waals surface area contributed by atoms with Crippen LogP contribution in [-0.2, 0) is 56.0 Å². The number of carbonyl (C=O) groups excluding carboxylic acids is 9. The van der Waals surface area contributed by atoms with E-state index in [-0.39, 0.29) is 95.4 Å². The standard InChI is InChI=1S/C47H72N16O9/c1-27(2)22-33(61-42(69)34(57-38(65)26-48)23-28-12-5-3-6-13-28)41(68)62-35(24-29-14-7-4-8-15-29)43(70)59-31(17-10-20-56-47(53)54)45(72)63-21-11-18-36(63)44(71)58-30(16-9-19-55-46(51)52)40(67)60-32(39(50)66)25-37(49)64/h3-8,12-15,27,30-36H,9-11,16-26,48H2,1-2H3,(H2,49,64)(H2,50,66)(H,57,65)(H,58,71)(H,59,70)(H,60,67)(H,61,69)(H,62,68)(H4,51,52,55)(H4,53,54,56)/t30-,31-,32-,33-,34-,35-,36-/m0/s1. The zero-order valence-corrected chi connectivity index (χ0v) is 40.8. The monoisotopic (exact) mass is 1000 g/mol. The summed E-state index contributed by atoms with van der Waals surface area (Å²) < 4.78 is 0. The van der Waals surface area contributed by atoms with E-state index in [2.05, 4.69) is 41.9 Å². The maximum absolute atomic E-state index is 14.6. The Labute approximate surface area is 418 Å². The molecule has 0 unspecified atom stereocenters. The first-order chi connectivity index (χ1) is 34.2.